The average Bonchev–Trinajstić information content (AvgIpc) is 3.15. The molecule has 9 heteroatoms. The van der Waals surface area contributed by atoms with Gasteiger partial charge in [0.15, 0.2) is 10.9 Å². The van der Waals surface area contributed by atoms with E-state index in [4.69, 9.17) is 4.42 Å². The monoisotopic (exact) mass is 347 g/mol. The van der Waals surface area contributed by atoms with E-state index >= 15 is 0 Å². The number of carbonyl (C=O) groups excluding carboxylic acids is 1. The summed E-state index contributed by atoms with van der Waals surface area (Å²) in [6, 6.07) is 8.17. The molecule has 1 aromatic carbocycles. The lowest BCUT2D eigenvalue weighted by Gasteiger charge is -1.98. The number of amides is 1. The van der Waals surface area contributed by atoms with Crippen LogP contribution in [-0.4, -0.2) is 15.8 Å². The fourth-order valence-electron chi connectivity index (χ4n) is 2.03. The summed E-state index contributed by atoms with van der Waals surface area (Å²) in [7, 11) is 0. The molecule has 0 aliphatic rings. The van der Waals surface area contributed by atoms with Crippen molar-refractivity contribution in [3.8, 4) is 11.3 Å². The summed E-state index contributed by atoms with van der Waals surface area (Å²) in [5.41, 5.74) is 1.35. The summed E-state index contributed by atoms with van der Waals surface area (Å²) < 4.78 is 17.8. The molecule has 0 radical (unpaired) electrons. The zero-order valence-corrected chi connectivity index (χ0v) is 13.1. The summed E-state index contributed by atoms with van der Waals surface area (Å²) in [4.78, 5) is 27.0. The van der Waals surface area contributed by atoms with Crippen molar-refractivity contribution in [2.45, 2.75) is 6.92 Å². The highest BCUT2D eigenvalue weighted by Crippen LogP contribution is 2.30. The molecule has 122 valence electrons. The van der Waals surface area contributed by atoms with E-state index in [2.05, 4.69) is 10.3 Å². The number of hydrogen-bond donors (Lipinski definition) is 1. The maximum Gasteiger partial charge on any atom is 0.433 e. The first-order valence-electron chi connectivity index (χ1n) is 6.73. The number of carbonyl (C=O) groups is 1. The number of nitrogens with zero attached hydrogens (tertiary/aromatic N) is 2. The van der Waals surface area contributed by atoms with E-state index in [1.807, 2.05) is 6.92 Å². The van der Waals surface area contributed by atoms with Crippen molar-refractivity contribution in [3.05, 3.63) is 63.0 Å². The van der Waals surface area contributed by atoms with Gasteiger partial charge >= 0.3 is 5.88 Å². The van der Waals surface area contributed by atoms with Gasteiger partial charge in [0, 0.05) is 10.4 Å². The van der Waals surface area contributed by atoms with Crippen molar-refractivity contribution in [2.75, 3.05) is 5.32 Å². The fraction of sp³-hybridized carbons (Fsp3) is 0.0667. The van der Waals surface area contributed by atoms with Gasteiger partial charge in [0.1, 0.15) is 10.7 Å². The smallest absolute Gasteiger partial charge is 0.395 e. The molecule has 2 heterocycles. The molecule has 3 aromatic rings. The van der Waals surface area contributed by atoms with Gasteiger partial charge in [0.25, 0.3) is 5.91 Å². The molecule has 24 heavy (non-hydrogen) atoms. The fourth-order valence-corrected chi connectivity index (χ4v) is 2.86. The Hall–Kier alpha value is -3.07. The molecule has 0 bridgehead atoms. The van der Waals surface area contributed by atoms with E-state index in [-0.39, 0.29) is 11.6 Å². The third kappa shape index (κ3) is 3.15. The number of halogens is 1. The van der Waals surface area contributed by atoms with Gasteiger partial charge in [-0.05, 0) is 37.3 Å². The summed E-state index contributed by atoms with van der Waals surface area (Å²) in [6.07, 6.45) is 0. The summed E-state index contributed by atoms with van der Waals surface area (Å²) in [6.45, 7) is 1.82. The molecular formula is C15H10FN3O4S. The Morgan fingerprint density at radius 1 is 1.29 bits per heavy atom. The van der Waals surface area contributed by atoms with Gasteiger partial charge in [-0.2, -0.15) is 0 Å². The lowest BCUT2D eigenvalue weighted by Crippen LogP contribution is -2.10. The summed E-state index contributed by atoms with van der Waals surface area (Å²) in [5.74, 6) is -1.68. The third-order valence-corrected chi connectivity index (χ3v) is 4.02. The van der Waals surface area contributed by atoms with Gasteiger partial charge in [0.05, 0.1) is 11.8 Å². The van der Waals surface area contributed by atoms with E-state index in [0.29, 0.717) is 10.8 Å². The first-order valence-corrected chi connectivity index (χ1v) is 7.54. The molecule has 2 aromatic heterocycles. The van der Waals surface area contributed by atoms with E-state index in [1.165, 1.54) is 29.5 Å². The van der Waals surface area contributed by atoms with Gasteiger partial charge in [0.2, 0.25) is 0 Å². The van der Waals surface area contributed by atoms with Gasteiger partial charge in [-0.25, -0.2) is 9.37 Å². The molecule has 0 spiro atoms. The van der Waals surface area contributed by atoms with Crippen LogP contribution in [0.3, 0.4) is 0 Å². The highest BCUT2D eigenvalue weighted by Gasteiger charge is 2.19. The molecule has 0 unspecified atom stereocenters. The van der Waals surface area contributed by atoms with Gasteiger partial charge in [-0.15, -0.1) is 11.3 Å². The van der Waals surface area contributed by atoms with E-state index < -0.39 is 16.7 Å². The van der Waals surface area contributed by atoms with Gasteiger partial charge < -0.3 is 4.42 Å². The Morgan fingerprint density at radius 2 is 2.00 bits per heavy atom. The molecule has 0 saturated carbocycles. The molecule has 0 fully saturated rings. The van der Waals surface area contributed by atoms with E-state index in [0.717, 1.165) is 16.5 Å². The highest BCUT2D eigenvalue weighted by atomic mass is 32.1. The average molecular weight is 347 g/mol. The number of anilines is 1. The number of furan rings is 1. The lowest BCUT2D eigenvalue weighted by molar-refractivity contribution is -0.402. The first-order chi connectivity index (χ1) is 11.4. The van der Waals surface area contributed by atoms with Crippen LogP contribution in [0.2, 0.25) is 0 Å². The first kappa shape index (κ1) is 15.8. The Kier molecular flexibility index (Phi) is 4.09. The van der Waals surface area contributed by atoms with Gasteiger partial charge in [-0.1, -0.05) is 0 Å². The number of nitro groups is 1. The normalized spacial score (nSPS) is 10.6. The van der Waals surface area contributed by atoms with Crippen molar-refractivity contribution < 1.29 is 18.5 Å². The zero-order chi connectivity index (χ0) is 17.3. The SMILES string of the molecule is Cc1sc(NC(=O)c2ccc([N+](=O)[O-])o2)nc1-c1ccc(F)cc1. The number of nitrogens with one attached hydrogen (secondary N) is 1. The van der Waals surface area contributed by atoms with Crippen molar-refractivity contribution in [1.82, 2.24) is 4.98 Å². The summed E-state index contributed by atoms with van der Waals surface area (Å²) >= 11 is 1.24. The number of aromatic nitrogens is 1. The Balaban J connectivity index is 1.80. The van der Waals surface area contributed by atoms with Crippen LogP contribution in [0, 0.1) is 22.9 Å². The van der Waals surface area contributed by atoms with Gasteiger partial charge in [-0.3, -0.25) is 20.2 Å². The zero-order valence-electron chi connectivity index (χ0n) is 12.3. The number of hydrogen-bond acceptors (Lipinski definition) is 6. The Morgan fingerprint density at radius 3 is 2.62 bits per heavy atom. The molecule has 1 amide bonds. The standard InChI is InChI=1S/C15H10FN3O4S/c1-8-13(9-2-4-10(16)5-3-9)17-15(24-8)18-14(20)11-6-7-12(23-11)19(21)22/h2-7H,1H3,(H,17,18,20). The molecule has 7 nitrogen and oxygen atoms in total. The second kappa shape index (κ2) is 6.20. The minimum atomic E-state index is -0.725. The van der Waals surface area contributed by atoms with Crippen LogP contribution in [0.5, 0.6) is 0 Å². The van der Waals surface area contributed by atoms with E-state index in [1.54, 1.807) is 12.1 Å². The maximum absolute atomic E-state index is 13.0. The van der Waals surface area contributed by atoms with Crippen LogP contribution in [0.25, 0.3) is 11.3 Å². The molecule has 0 atom stereocenters. The number of thiazole rings is 1. The minimum absolute atomic E-state index is 0.183. The largest absolute Gasteiger partial charge is 0.433 e. The summed E-state index contributed by atoms with van der Waals surface area (Å²) in [5, 5.41) is 13.4. The Bertz CT molecular complexity index is 917. The second-order valence-electron chi connectivity index (χ2n) is 4.78. The topological polar surface area (TPSA) is 98.3 Å². The van der Waals surface area contributed by atoms with Crippen LogP contribution >= 0.6 is 11.3 Å². The predicted molar refractivity (Wildman–Crippen MR) is 85.6 cm³/mol. The Labute approximate surface area is 138 Å². The number of rotatable bonds is 4. The number of benzene rings is 1. The molecule has 0 saturated heterocycles. The maximum atomic E-state index is 13.0. The molecule has 0 aliphatic heterocycles. The van der Waals surface area contributed by atoms with E-state index in [9.17, 15) is 19.3 Å². The molecule has 0 aliphatic carbocycles. The van der Waals surface area contributed by atoms with Crippen molar-refractivity contribution in [1.29, 1.82) is 0 Å². The van der Waals surface area contributed by atoms with Crippen LogP contribution in [0.15, 0.2) is 40.8 Å². The van der Waals surface area contributed by atoms with Crippen molar-refractivity contribution >= 4 is 28.3 Å². The van der Waals surface area contributed by atoms with Crippen LogP contribution < -0.4 is 5.32 Å². The molecule has 1 N–H and O–H groups in total. The highest BCUT2D eigenvalue weighted by molar-refractivity contribution is 7.16. The minimum Gasteiger partial charge on any atom is -0.395 e. The van der Waals surface area contributed by atoms with Crippen LogP contribution in [0.1, 0.15) is 15.4 Å². The second-order valence-corrected chi connectivity index (χ2v) is 5.98. The third-order valence-electron chi connectivity index (χ3n) is 3.13. The predicted octanol–water partition coefficient (Wildman–Crippen LogP) is 4.01. The van der Waals surface area contributed by atoms with Crippen molar-refractivity contribution in [2.24, 2.45) is 0 Å². The molecular weight excluding hydrogens is 337 g/mol. The van der Waals surface area contributed by atoms with Crippen LogP contribution in [-0.2, 0) is 0 Å². The molecule has 3 rings (SSSR count). The lowest BCUT2D eigenvalue weighted by atomic mass is 10.1. The number of aryl methyl sites for hydroxylation is 1. The van der Waals surface area contributed by atoms with Crippen LogP contribution in [0.4, 0.5) is 15.4 Å². The quantitative estimate of drug-likeness (QED) is 0.568. The van der Waals surface area contributed by atoms with Crippen molar-refractivity contribution in [3.63, 3.8) is 0 Å².